The van der Waals surface area contributed by atoms with Crippen molar-refractivity contribution in [3.63, 3.8) is 0 Å². The van der Waals surface area contributed by atoms with Crippen LogP contribution in [0, 0.1) is 0 Å². The highest BCUT2D eigenvalue weighted by molar-refractivity contribution is 8.03. The topological polar surface area (TPSA) is 7.12 Å². The van der Waals surface area contributed by atoms with Gasteiger partial charge in [-0.05, 0) is 59.1 Å². The predicted molar refractivity (Wildman–Crippen MR) is 216 cm³/mol. The highest BCUT2D eigenvalue weighted by Crippen LogP contribution is 2.45. The molecule has 0 amide bonds. The molecule has 2 aromatic carbocycles. The molecule has 0 spiro atoms. The molecule has 4 heteroatoms. The zero-order chi connectivity index (χ0) is 33.6. The monoisotopic (exact) mass is 683 g/mol. The third-order valence-electron chi connectivity index (χ3n) is 10.5. The summed E-state index contributed by atoms with van der Waals surface area (Å²) in [6, 6.07) is 13.6. The molecule has 5 rings (SSSR count). The van der Waals surface area contributed by atoms with Crippen LogP contribution in [0.1, 0.15) is 141 Å². The first kappa shape index (κ1) is 37.0. The summed E-state index contributed by atoms with van der Waals surface area (Å²) >= 11 is 4.01. The summed E-state index contributed by atoms with van der Waals surface area (Å²) in [5.41, 5.74) is 6.88. The van der Waals surface area contributed by atoms with Crippen molar-refractivity contribution in [1.82, 2.24) is 4.90 Å². The molecule has 0 atom stereocenters. The molecule has 2 heterocycles. The van der Waals surface area contributed by atoms with Gasteiger partial charge in [-0.2, -0.15) is 4.57 Å². The maximum atomic E-state index is 4.65. The molecule has 1 aliphatic carbocycles. The SMILES string of the molecule is C=C1C(/C=C2/SCCN2CCCCCCCCCC)=C(CC)C/1=C\c1sc2c3ccccc3ccc2[n+]1CCCCCCCCCCC. The molecule has 2 nitrogen and oxygen atoms in total. The summed E-state index contributed by atoms with van der Waals surface area (Å²) in [5, 5.41) is 5.56. The molecular weight excluding hydrogens is 621 g/mol. The van der Waals surface area contributed by atoms with Gasteiger partial charge in [-0.25, -0.2) is 0 Å². The highest BCUT2D eigenvalue weighted by atomic mass is 32.2. The number of hydrogen-bond donors (Lipinski definition) is 0. The largest absolute Gasteiger partial charge is 0.366 e. The van der Waals surface area contributed by atoms with Crippen LogP contribution in [0.5, 0.6) is 0 Å². The van der Waals surface area contributed by atoms with Crippen molar-refractivity contribution in [2.45, 2.75) is 143 Å². The van der Waals surface area contributed by atoms with Gasteiger partial charge in [0.05, 0.1) is 5.03 Å². The number of rotatable bonds is 22. The molecule has 0 N–H and O–H groups in total. The third kappa shape index (κ3) is 9.69. The smallest absolute Gasteiger partial charge is 0.263 e. The van der Waals surface area contributed by atoms with E-state index < -0.39 is 0 Å². The normalized spacial score (nSPS) is 16.8. The third-order valence-corrected chi connectivity index (χ3v) is 12.7. The minimum atomic E-state index is 1.05. The van der Waals surface area contributed by atoms with Crippen LogP contribution in [-0.2, 0) is 6.54 Å². The van der Waals surface area contributed by atoms with Crippen LogP contribution in [-0.4, -0.2) is 23.7 Å². The van der Waals surface area contributed by atoms with Gasteiger partial charge >= 0.3 is 0 Å². The fraction of sp³-hybridized carbons (Fsp3) is 0.568. The molecule has 2 aliphatic rings. The van der Waals surface area contributed by atoms with Gasteiger partial charge < -0.3 is 4.90 Å². The first-order valence-corrected chi connectivity index (χ1v) is 21.5. The number of thiazole rings is 1. The van der Waals surface area contributed by atoms with E-state index in [0.717, 1.165) is 13.0 Å². The average Bonchev–Trinajstić information content (AvgIpc) is 3.71. The quantitative estimate of drug-likeness (QED) is 0.0769. The van der Waals surface area contributed by atoms with Crippen LogP contribution in [0.4, 0.5) is 0 Å². The average molecular weight is 684 g/mol. The van der Waals surface area contributed by atoms with Gasteiger partial charge in [-0.1, -0.05) is 153 Å². The molecule has 1 fully saturated rings. The van der Waals surface area contributed by atoms with Crippen molar-refractivity contribution < 1.29 is 4.57 Å². The van der Waals surface area contributed by atoms with E-state index in [2.05, 4.69) is 85.4 Å². The Labute approximate surface area is 301 Å². The highest BCUT2D eigenvalue weighted by Gasteiger charge is 2.30. The number of aryl methyl sites for hydroxylation is 1. The van der Waals surface area contributed by atoms with E-state index in [1.54, 1.807) is 0 Å². The second-order valence-corrected chi connectivity index (χ2v) is 16.3. The summed E-state index contributed by atoms with van der Waals surface area (Å²) in [6.45, 7) is 15.1. The molecule has 1 aliphatic heterocycles. The van der Waals surface area contributed by atoms with E-state index in [1.807, 2.05) is 23.1 Å². The molecule has 0 unspecified atom stereocenters. The van der Waals surface area contributed by atoms with Crippen LogP contribution < -0.4 is 4.57 Å². The molecular formula is C44H63N2S2+. The number of aromatic nitrogens is 1. The zero-order valence-electron chi connectivity index (χ0n) is 30.6. The van der Waals surface area contributed by atoms with Crippen molar-refractivity contribution in [2.75, 3.05) is 18.8 Å². The van der Waals surface area contributed by atoms with E-state index in [-0.39, 0.29) is 0 Å². The summed E-state index contributed by atoms with van der Waals surface area (Å²) in [4.78, 5) is 2.65. The lowest BCUT2D eigenvalue weighted by Gasteiger charge is -2.29. The van der Waals surface area contributed by atoms with Crippen molar-refractivity contribution in [3.8, 4) is 0 Å². The van der Waals surface area contributed by atoms with Crippen molar-refractivity contribution >= 4 is 50.2 Å². The van der Waals surface area contributed by atoms with Crippen LogP contribution >= 0.6 is 23.1 Å². The molecule has 3 aromatic rings. The molecule has 1 saturated heterocycles. The number of nitrogens with zero attached hydrogens (tertiary/aromatic N) is 2. The summed E-state index contributed by atoms with van der Waals surface area (Å²) < 4.78 is 4.04. The molecule has 1 aromatic heterocycles. The van der Waals surface area contributed by atoms with Crippen LogP contribution in [0.15, 0.2) is 76.4 Å². The van der Waals surface area contributed by atoms with Crippen LogP contribution in [0.3, 0.4) is 0 Å². The van der Waals surface area contributed by atoms with Gasteiger partial charge in [-0.15, -0.1) is 11.8 Å². The first-order valence-electron chi connectivity index (χ1n) is 19.7. The van der Waals surface area contributed by atoms with E-state index in [1.165, 1.54) is 181 Å². The number of thioether (sulfide) groups is 1. The minimum Gasteiger partial charge on any atom is -0.366 e. The minimum absolute atomic E-state index is 1.05. The second kappa shape index (κ2) is 19.8. The zero-order valence-corrected chi connectivity index (χ0v) is 32.2. The number of allylic oxidation sites excluding steroid dienone is 5. The van der Waals surface area contributed by atoms with Gasteiger partial charge in [-0.3, -0.25) is 0 Å². The number of benzene rings is 2. The molecule has 0 saturated carbocycles. The molecule has 0 radical (unpaired) electrons. The molecule has 260 valence electrons. The Morgan fingerprint density at radius 1 is 0.750 bits per heavy atom. The van der Waals surface area contributed by atoms with Crippen molar-refractivity contribution in [1.29, 1.82) is 0 Å². The standard InChI is InChI=1S/C44H63N2S2/c1-5-8-10-12-14-16-18-20-24-30-46-41-28-27-36-25-21-22-26-38(36)44(41)48-43(46)34-40-35(4)39(37(40)7-3)33-42-45(31-32-47-42)29-23-19-17-15-13-11-9-6-2/h21-22,25-28,33-34H,4-20,23-24,29-32H2,1-3H3/q+1. The van der Waals surface area contributed by atoms with Gasteiger partial charge in [0.1, 0.15) is 4.70 Å². The van der Waals surface area contributed by atoms with E-state index >= 15 is 0 Å². The van der Waals surface area contributed by atoms with E-state index in [4.69, 9.17) is 0 Å². The van der Waals surface area contributed by atoms with Gasteiger partial charge in [0.25, 0.3) is 5.01 Å². The first-order chi connectivity index (χ1) is 23.7. The number of unbranched alkanes of at least 4 members (excludes halogenated alkanes) is 15. The second-order valence-electron chi connectivity index (χ2n) is 14.1. The Hall–Kier alpha value is -2.30. The summed E-state index contributed by atoms with van der Waals surface area (Å²) in [7, 11) is 0. The lowest BCUT2D eigenvalue weighted by Crippen LogP contribution is -2.35. The Morgan fingerprint density at radius 2 is 1.40 bits per heavy atom. The maximum absolute atomic E-state index is 4.65. The Kier molecular flexibility index (Phi) is 15.2. The summed E-state index contributed by atoms with van der Waals surface area (Å²) in [6.07, 6.45) is 29.3. The number of hydrogen-bond acceptors (Lipinski definition) is 3. The Bertz CT molecular complexity index is 1570. The fourth-order valence-electron chi connectivity index (χ4n) is 7.57. The fourth-order valence-corrected chi connectivity index (χ4v) is 9.92. The maximum Gasteiger partial charge on any atom is 0.263 e. The Balaban J connectivity index is 1.28. The lowest BCUT2D eigenvalue weighted by molar-refractivity contribution is -0.669. The summed E-state index contributed by atoms with van der Waals surface area (Å²) in [5.74, 6) is 1.21. The van der Waals surface area contributed by atoms with E-state index in [0.29, 0.717) is 0 Å². The van der Waals surface area contributed by atoms with Gasteiger partial charge in [0.2, 0.25) is 5.52 Å². The van der Waals surface area contributed by atoms with Crippen LogP contribution in [0.25, 0.3) is 27.1 Å². The Morgan fingerprint density at radius 3 is 2.08 bits per heavy atom. The molecule has 0 bridgehead atoms. The van der Waals surface area contributed by atoms with Crippen molar-refractivity contribution in [2.24, 2.45) is 0 Å². The lowest BCUT2D eigenvalue weighted by atomic mass is 9.77. The predicted octanol–water partition coefficient (Wildman–Crippen LogP) is 13.6. The van der Waals surface area contributed by atoms with Crippen LogP contribution in [0.2, 0.25) is 0 Å². The van der Waals surface area contributed by atoms with Crippen molar-refractivity contribution in [3.05, 3.63) is 81.4 Å². The molecule has 48 heavy (non-hydrogen) atoms. The van der Waals surface area contributed by atoms with Gasteiger partial charge in [0, 0.05) is 42.8 Å². The number of fused-ring (bicyclic) bond motifs is 3. The van der Waals surface area contributed by atoms with E-state index in [9.17, 15) is 0 Å². The van der Waals surface area contributed by atoms with Gasteiger partial charge in [0.15, 0.2) is 6.54 Å².